The van der Waals surface area contributed by atoms with E-state index in [2.05, 4.69) is 24.3 Å². The van der Waals surface area contributed by atoms with Crippen molar-refractivity contribution < 1.29 is 9.47 Å². The second-order valence-corrected chi connectivity index (χ2v) is 6.84. The molecule has 0 radical (unpaired) electrons. The van der Waals surface area contributed by atoms with Crippen molar-refractivity contribution in [3.8, 4) is 17.3 Å². The Bertz CT molecular complexity index is 757. The predicted octanol–water partition coefficient (Wildman–Crippen LogP) is 4.21. The second kappa shape index (κ2) is 6.99. The fourth-order valence-electron chi connectivity index (χ4n) is 3.83. The minimum Gasteiger partial charge on any atom is -0.347 e. The molecular formula is C20H23N3O2. The topological polar surface area (TPSA) is 60.1 Å². The van der Waals surface area contributed by atoms with Crippen LogP contribution in [0.2, 0.25) is 0 Å². The van der Waals surface area contributed by atoms with E-state index in [1.807, 2.05) is 22.9 Å². The lowest BCUT2D eigenvalue weighted by Gasteiger charge is -2.31. The van der Waals surface area contributed by atoms with Gasteiger partial charge in [-0.25, -0.2) is 0 Å². The fraction of sp³-hybridized carbons (Fsp3) is 0.500. The maximum Gasteiger partial charge on any atom is 0.169 e. The Labute approximate surface area is 148 Å². The van der Waals surface area contributed by atoms with Crippen LogP contribution in [0.1, 0.15) is 50.3 Å². The van der Waals surface area contributed by atoms with E-state index in [1.165, 1.54) is 6.42 Å². The molecule has 5 heteroatoms. The number of nitrogens with zero attached hydrogens (tertiary/aromatic N) is 3. The Hall–Kier alpha value is -2.16. The summed E-state index contributed by atoms with van der Waals surface area (Å²) in [4.78, 5) is 0. The molecule has 2 aromatic rings. The quantitative estimate of drug-likeness (QED) is 0.838. The molecule has 1 aromatic carbocycles. The zero-order valence-electron chi connectivity index (χ0n) is 14.4. The molecule has 1 saturated heterocycles. The third kappa shape index (κ3) is 3.33. The van der Waals surface area contributed by atoms with Gasteiger partial charge in [0.05, 0.1) is 37.0 Å². The lowest BCUT2D eigenvalue weighted by atomic mass is 9.94. The van der Waals surface area contributed by atoms with Gasteiger partial charge in [-0.15, -0.1) is 0 Å². The largest absolute Gasteiger partial charge is 0.347 e. The summed E-state index contributed by atoms with van der Waals surface area (Å²) in [7, 11) is 0. The molecule has 1 aromatic heterocycles. The molecule has 25 heavy (non-hydrogen) atoms. The number of nitriles is 1. The average Bonchev–Trinajstić information content (AvgIpc) is 3.26. The number of benzene rings is 1. The normalized spacial score (nSPS) is 22.1. The summed E-state index contributed by atoms with van der Waals surface area (Å²) in [5, 5.41) is 13.7. The number of ether oxygens (including phenoxy) is 2. The van der Waals surface area contributed by atoms with Crippen molar-refractivity contribution in [1.82, 2.24) is 9.78 Å². The summed E-state index contributed by atoms with van der Waals surface area (Å²) in [6.07, 6.45) is 5.86. The minimum absolute atomic E-state index is 0.109. The van der Waals surface area contributed by atoms with Gasteiger partial charge in [-0.2, -0.15) is 10.4 Å². The van der Waals surface area contributed by atoms with Crippen molar-refractivity contribution in [2.24, 2.45) is 0 Å². The lowest BCUT2D eigenvalue weighted by Crippen LogP contribution is -2.32. The van der Waals surface area contributed by atoms with Gasteiger partial charge in [0.15, 0.2) is 5.79 Å². The molecule has 4 rings (SSSR count). The Kier molecular flexibility index (Phi) is 4.56. The van der Waals surface area contributed by atoms with E-state index < -0.39 is 5.79 Å². The Balaban J connectivity index is 1.61. The molecule has 130 valence electrons. The van der Waals surface area contributed by atoms with Crippen LogP contribution in [0.4, 0.5) is 0 Å². The van der Waals surface area contributed by atoms with E-state index in [-0.39, 0.29) is 6.10 Å². The Morgan fingerprint density at radius 2 is 2.00 bits per heavy atom. The zero-order chi connectivity index (χ0) is 17.1. The third-order valence-electron chi connectivity index (χ3n) is 5.12. The number of aryl methyl sites for hydroxylation is 1. The van der Waals surface area contributed by atoms with Gasteiger partial charge in [0.25, 0.3) is 0 Å². The predicted molar refractivity (Wildman–Crippen MR) is 93.5 cm³/mol. The van der Waals surface area contributed by atoms with Crippen LogP contribution in [0.15, 0.2) is 36.4 Å². The number of hydrogen-bond donors (Lipinski definition) is 0. The van der Waals surface area contributed by atoms with Gasteiger partial charge >= 0.3 is 0 Å². The SMILES string of the molecule is N#CCCn1nc(-c2ccccc2)cc1C1COC2(CCCCC2)O1. The number of hydrogen-bond acceptors (Lipinski definition) is 4. The third-order valence-corrected chi connectivity index (χ3v) is 5.12. The maximum atomic E-state index is 8.96. The highest BCUT2D eigenvalue weighted by atomic mass is 16.7. The summed E-state index contributed by atoms with van der Waals surface area (Å²) >= 11 is 0. The lowest BCUT2D eigenvalue weighted by molar-refractivity contribution is -0.188. The van der Waals surface area contributed by atoms with E-state index in [9.17, 15) is 0 Å². The summed E-state index contributed by atoms with van der Waals surface area (Å²) in [6, 6.07) is 14.4. The van der Waals surface area contributed by atoms with Gasteiger partial charge < -0.3 is 9.47 Å². The van der Waals surface area contributed by atoms with E-state index in [4.69, 9.17) is 19.8 Å². The molecule has 1 saturated carbocycles. The first-order valence-corrected chi connectivity index (χ1v) is 9.12. The molecule has 2 heterocycles. The van der Waals surface area contributed by atoms with Crippen LogP contribution < -0.4 is 0 Å². The van der Waals surface area contributed by atoms with Crippen LogP contribution in [-0.2, 0) is 16.0 Å². The van der Waals surface area contributed by atoms with Gasteiger partial charge in [0.1, 0.15) is 6.10 Å². The molecule has 1 atom stereocenters. The monoisotopic (exact) mass is 337 g/mol. The molecule has 1 aliphatic heterocycles. The van der Waals surface area contributed by atoms with Crippen molar-refractivity contribution in [3.05, 3.63) is 42.1 Å². The standard InChI is InChI=1S/C20H23N3O2/c21-12-7-13-23-18(14-17(22-23)16-8-3-1-4-9-16)19-15-24-20(25-19)10-5-2-6-11-20/h1,3-4,8-9,14,19H,2,5-7,10-11,13,15H2. The summed E-state index contributed by atoms with van der Waals surface area (Å²) < 4.78 is 14.4. The van der Waals surface area contributed by atoms with Gasteiger partial charge in [-0.05, 0) is 18.9 Å². The van der Waals surface area contributed by atoms with Crippen molar-refractivity contribution in [3.63, 3.8) is 0 Å². The molecule has 1 unspecified atom stereocenters. The van der Waals surface area contributed by atoms with Crippen LogP contribution in [-0.4, -0.2) is 22.2 Å². The molecule has 0 amide bonds. The first-order valence-electron chi connectivity index (χ1n) is 9.12. The highest BCUT2D eigenvalue weighted by Crippen LogP contribution is 2.43. The van der Waals surface area contributed by atoms with Crippen molar-refractivity contribution in [1.29, 1.82) is 5.26 Å². The molecule has 1 aliphatic carbocycles. The van der Waals surface area contributed by atoms with Gasteiger partial charge in [0, 0.05) is 18.4 Å². The van der Waals surface area contributed by atoms with Crippen LogP contribution in [0.5, 0.6) is 0 Å². The van der Waals surface area contributed by atoms with E-state index >= 15 is 0 Å². The molecule has 0 bridgehead atoms. The molecule has 1 spiro atoms. The van der Waals surface area contributed by atoms with Crippen molar-refractivity contribution in [2.45, 2.75) is 57.0 Å². The molecule has 2 aliphatic rings. The first-order chi connectivity index (χ1) is 12.3. The minimum atomic E-state index is -0.403. The van der Waals surface area contributed by atoms with E-state index in [1.54, 1.807) is 0 Å². The number of rotatable bonds is 4. The molecule has 5 nitrogen and oxygen atoms in total. The second-order valence-electron chi connectivity index (χ2n) is 6.84. The first kappa shape index (κ1) is 16.3. The highest BCUT2D eigenvalue weighted by Gasteiger charge is 2.43. The Morgan fingerprint density at radius 3 is 2.76 bits per heavy atom. The summed E-state index contributed by atoms with van der Waals surface area (Å²) in [6.45, 7) is 1.14. The number of aromatic nitrogens is 2. The van der Waals surface area contributed by atoms with Crippen LogP contribution in [0, 0.1) is 11.3 Å². The van der Waals surface area contributed by atoms with Crippen LogP contribution in [0.25, 0.3) is 11.3 Å². The van der Waals surface area contributed by atoms with E-state index in [0.29, 0.717) is 19.6 Å². The van der Waals surface area contributed by atoms with Gasteiger partial charge in [0.2, 0.25) is 0 Å². The van der Waals surface area contributed by atoms with Crippen LogP contribution >= 0.6 is 0 Å². The van der Waals surface area contributed by atoms with E-state index in [0.717, 1.165) is 42.6 Å². The summed E-state index contributed by atoms with van der Waals surface area (Å²) in [5.41, 5.74) is 3.00. The zero-order valence-corrected chi connectivity index (χ0v) is 14.4. The highest BCUT2D eigenvalue weighted by molar-refractivity contribution is 5.59. The van der Waals surface area contributed by atoms with Crippen molar-refractivity contribution in [2.75, 3.05) is 6.61 Å². The van der Waals surface area contributed by atoms with Crippen molar-refractivity contribution >= 4 is 0 Å². The average molecular weight is 337 g/mol. The Morgan fingerprint density at radius 1 is 1.20 bits per heavy atom. The van der Waals surface area contributed by atoms with Gasteiger partial charge in [-0.1, -0.05) is 36.8 Å². The molecule has 0 N–H and O–H groups in total. The van der Waals surface area contributed by atoms with Gasteiger partial charge in [-0.3, -0.25) is 4.68 Å². The molecular weight excluding hydrogens is 314 g/mol. The smallest absolute Gasteiger partial charge is 0.169 e. The van der Waals surface area contributed by atoms with Crippen LogP contribution in [0.3, 0.4) is 0 Å². The maximum absolute atomic E-state index is 8.96. The summed E-state index contributed by atoms with van der Waals surface area (Å²) in [5.74, 6) is -0.403. The molecule has 2 fully saturated rings. The fourth-order valence-corrected chi connectivity index (χ4v) is 3.83.